The Kier molecular flexibility index (Phi) is 8.19. The van der Waals surface area contributed by atoms with Crippen molar-refractivity contribution in [3.05, 3.63) is 74.3 Å². The second-order valence-electron chi connectivity index (χ2n) is 13.4. The Morgan fingerprint density at radius 3 is 2.33 bits per heavy atom. The third kappa shape index (κ3) is 5.89. The largest absolute Gasteiger partial charge is 0.455 e. The molecule has 5 aliphatic heterocycles. The number of fused-ring (bicyclic) bond motifs is 4. The van der Waals surface area contributed by atoms with Crippen molar-refractivity contribution in [1.29, 1.82) is 0 Å². The zero-order valence-corrected chi connectivity index (χ0v) is 30.4. The first kappa shape index (κ1) is 33.2. The molecule has 0 spiro atoms. The SMILES string of the molecule is CS(=O)(=O)SCCNS(=O)(=O)c1ccc(C2=c3cc4c5c(c3Oc3c2cc2c6c3CCCN6CCC2)CCC[N+]=5CCC4)c(S(=O)(=O)O)c1. The quantitative estimate of drug-likeness (QED) is 0.119. The van der Waals surface area contributed by atoms with Gasteiger partial charge in [0, 0.05) is 83.2 Å². The van der Waals surface area contributed by atoms with Gasteiger partial charge in [-0.25, -0.2) is 26.1 Å². The molecular weight excluding hydrogens is 707 g/mol. The standard InChI is InChI=1S/C34H37N3O8S4/c1-47(38,39)46-17-12-35-48(40,41)23-10-11-24(29(20-23)49(42,43)44)30-27-18-21-6-2-13-36-15-4-8-25(31(21)36)33(27)45-34-26-9-5-16-37-14-3-7-22(32(26)37)19-28(30)34/h10-11,18-20,35H,2-9,12-17H2,1H3/p+1. The van der Waals surface area contributed by atoms with E-state index in [1.165, 1.54) is 34.3 Å². The number of nitrogens with one attached hydrogen (secondary N) is 1. The molecule has 49 heavy (non-hydrogen) atoms. The van der Waals surface area contributed by atoms with E-state index < -0.39 is 33.9 Å². The summed E-state index contributed by atoms with van der Waals surface area (Å²) in [6, 6.07) is 8.02. The van der Waals surface area contributed by atoms with Crippen molar-refractivity contribution in [2.45, 2.75) is 61.2 Å². The van der Waals surface area contributed by atoms with Crippen LogP contribution in [0.15, 0.2) is 40.1 Å². The van der Waals surface area contributed by atoms with Gasteiger partial charge in [0.2, 0.25) is 15.4 Å². The van der Waals surface area contributed by atoms with Gasteiger partial charge in [0.05, 0.1) is 10.5 Å². The smallest absolute Gasteiger partial charge is 0.295 e. The van der Waals surface area contributed by atoms with Crippen LogP contribution < -0.4 is 29.5 Å². The maximum absolute atomic E-state index is 13.3. The predicted octanol–water partition coefficient (Wildman–Crippen LogP) is 2.34. The summed E-state index contributed by atoms with van der Waals surface area (Å²) in [4.78, 5) is 1.56. The van der Waals surface area contributed by atoms with Crippen molar-refractivity contribution >= 4 is 51.1 Å². The highest BCUT2D eigenvalue weighted by molar-refractivity contribution is 8.71. The van der Waals surface area contributed by atoms with Gasteiger partial charge in [-0.15, -0.1) is 0 Å². The molecule has 8 rings (SSSR count). The van der Waals surface area contributed by atoms with Gasteiger partial charge in [0.15, 0.2) is 8.87 Å². The lowest BCUT2D eigenvalue weighted by Crippen LogP contribution is -2.45. The number of rotatable bonds is 8. The Bertz CT molecular complexity index is 2400. The van der Waals surface area contributed by atoms with E-state index in [2.05, 4.69) is 26.3 Å². The second-order valence-corrected chi connectivity index (χ2v) is 21.1. The fourth-order valence-corrected chi connectivity index (χ4v) is 12.0. The fraction of sp³-hybridized carbons (Fsp3) is 0.441. The third-order valence-electron chi connectivity index (χ3n) is 10.2. The van der Waals surface area contributed by atoms with Crippen LogP contribution in [0.4, 0.5) is 5.69 Å². The van der Waals surface area contributed by atoms with Crippen LogP contribution in [0.3, 0.4) is 0 Å². The van der Waals surface area contributed by atoms with Crippen LogP contribution in [0, 0.1) is 0 Å². The van der Waals surface area contributed by atoms with E-state index >= 15 is 0 Å². The highest BCUT2D eigenvalue weighted by Gasteiger charge is 2.37. The summed E-state index contributed by atoms with van der Waals surface area (Å²) >= 11 is 0. The molecule has 0 atom stereocenters. The molecule has 5 aliphatic rings. The summed E-state index contributed by atoms with van der Waals surface area (Å²) in [5, 5.41) is 1.96. The minimum absolute atomic E-state index is 0.0268. The van der Waals surface area contributed by atoms with Gasteiger partial charge in [0.25, 0.3) is 10.1 Å². The van der Waals surface area contributed by atoms with E-state index in [9.17, 15) is 29.8 Å². The first-order chi connectivity index (χ1) is 23.3. The van der Waals surface area contributed by atoms with Gasteiger partial charge in [-0.1, -0.05) is 6.07 Å². The lowest BCUT2D eigenvalue weighted by Gasteiger charge is -2.39. The van der Waals surface area contributed by atoms with E-state index in [1.807, 2.05) is 0 Å². The van der Waals surface area contributed by atoms with Gasteiger partial charge in [0.1, 0.15) is 29.5 Å². The molecule has 0 fully saturated rings. The monoisotopic (exact) mass is 744 g/mol. The molecular formula is C34H38N3O8S4+. The summed E-state index contributed by atoms with van der Waals surface area (Å²) < 4.78 is 98.5. The molecule has 0 saturated carbocycles. The van der Waals surface area contributed by atoms with E-state index in [4.69, 9.17) is 4.74 Å². The third-order valence-corrected chi connectivity index (χ3v) is 15.1. The highest BCUT2D eigenvalue weighted by Crippen LogP contribution is 2.49. The van der Waals surface area contributed by atoms with Crippen molar-refractivity contribution < 1.29 is 34.5 Å². The first-order valence-electron chi connectivity index (χ1n) is 16.7. The molecule has 5 heterocycles. The van der Waals surface area contributed by atoms with Crippen molar-refractivity contribution in [2.75, 3.05) is 49.6 Å². The summed E-state index contributed by atoms with van der Waals surface area (Å²) in [6.45, 7) is 3.72. The van der Waals surface area contributed by atoms with Crippen molar-refractivity contribution in [3.63, 3.8) is 0 Å². The average molecular weight is 745 g/mol. The molecule has 3 aromatic carbocycles. The van der Waals surface area contributed by atoms with Crippen molar-refractivity contribution in [3.8, 4) is 11.5 Å². The Hall–Kier alpha value is -2.95. The molecule has 0 bridgehead atoms. The van der Waals surface area contributed by atoms with Gasteiger partial charge < -0.3 is 9.64 Å². The zero-order chi connectivity index (χ0) is 34.3. The maximum Gasteiger partial charge on any atom is 0.295 e. The fourth-order valence-electron chi connectivity index (χ4n) is 8.35. The summed E-state index contributed by atoms with van der Waals surface area (Å²) in [5.41, 5.74) is 7.35. The lowest BCUT2D eigenvalue weighted by atomic mass is 9.82. The molecule has 0 radical (unpaired) electrons. The second kappa shape index (κ2) is 12.1. The molecule has 11 nitrogen and oxygen atoms in total. The van der Waals surface area contributed by atoms with Crippen LogP contribution in [0.1, 0.15) is 59.1 Å². The van der Waals surface area contributed by atoms with Crippen LogP contribution in [-0.4, -0.2) is 74.5 Å². The molecule has 15 heteroatoms. The number of aryl methyl sites for hydroxylation is 2. The summed E-state index contributed by atoms with van der Waals surface area (Å²) in [6.07, 6.45) is 8.38. The van der Waals surface area contributed by atoms with Crippen LogP contribution in [0.5, 0.6) is 11.5 Å². The molecule has 2 N–H and O–H groups in total. The number of hydrogen-bond donors (Lipinski definition) is 2. The Morgan fingerprint density at radius 1 is 0.857 bits per heavy atom. The van der Waals surface area contributed by atoms with Crippen LogP contribution in [-0.2, 0) is 54.7 Å². The predicted molar refractivity (Wildman–Crippen MR) is 189 cm³/mol. The first-order valence-corrected chi connectivity index (χ1v) is 23.0. The molecule has 0 amide bonds. The van der Waals surface area contributed by atoms with E-state index in [1.54, 1.807) is 0 Å². The molecule has 0 aromatic heterocycles. The molecule has 3 aromatic rings. The van der Waals surface area contributed by atoms with Crippen molar-refractivity contribution in [1.82, 2.24) is 9.30 Å². The topological polar surface area (TPSA) is 150 Å². The van der Waals surface area contributed by atoms with Crippen LogP contribution >= 0.6 is 10.8 Å². The number of anilines is 1. The van der Waals surface area contributed by atoms with Gasteiger partial charge in [-0.2, -0.15) is 8.42 Å². The number of nitrogens with zero attached hydrogens (tertiary/aromatic N) is 2. The Balaban J connectivity index is 1.39. The van der Waals surface area contributed by atoms with Crippen LogP contribution in [0.2, 0.25) is 0 Å². The minimum atomic E-state index is -4.93. The summed E-state index contributed by atoms with van der Waals surface area (Å²) in [7, 11) is -11.9. The minimum Gasteiger partial charge on any atom is -0.455 e. The Labute approximate surface area is 290 Å². The lowest BCUT2D eigenvalue weighted by molar-refractivity contribution is 0.431. The highest BCUT2D eigenvalue weighted by atomic mass is 33.1. The number of sulfonamides is 1. The van der Waals surface area contributed by atoms with E-state index in [-0.39, 0.29) is 22.8 Å². The summed E-state index contributed by atoms with van der Waals surface area (Å²) in [5.74, 6) is 1.39. The maximum atomic E-state index is 13.3. The number of benzene rings is 3. The zero-order valence-electron chi connectivity index (χ0n) is 27.1. The molecule has 0 saturated heterocycles. The van der Waals surface area contributed by atoms with E-state index in [0.717, 1.165) is 112 Å². The van der Waals surface area contributed by atoms with Crippen molar-refractivity contribution in [2.24, 2.45) is 0 Å². The molecule has 0 unspecified atom stereocenters. The van der Waals surface area contributed by atoms with Gasteiger partial charge in [-0.3, -0.25) is 4.55 Å². The normalized spacial score (nSPS) is 18.3. The number of hydrogen-bond acceptors (Lipinski definition) is 9. The van der Waals surface area contributed by atoms with Crippen LogP contribution in [0.25, 0.3) is 5.57 Å². The Morgan fingerprint density at radius 2 is 1.57 bits per heavy atom. The van der Waals surface area contributed by atoms with Gasteiger partial charge >= 0.3 is 0 Å². The van der Waals surface area contributed by atoms with Gasteiger partial charge in [-0.05, 0) is 79.1 Å². The average Bonchev–Trinajstić information content (AvgIpc) is 3.06. The molecule has 0 aliphatic carbocycles. The number of ether oxygens (including phenoxy) is 1. The molecule has 260 valence electrons. The van der Waals surface area contributed by atoms with E-state index in [0.29, 0.717) is 27.9 Å².